The van der Waals surface area contributed by atoms with Crippen LogP contribution in [0.3, 0.4) is 0 Å². The van der Waals surface area contributed by atoms with E-state index < -0.39 is 0 Å². The van der Waals surface area contributed by atoms with E-state index >= 15 is 0 Å². The van der Waals surface area contributed by atoms with Gasteiger partial charge in [-0.25, -0.2) is 0 Å². The van der Waals surface area contributed by atoms with Gasteiger partial charge in [0.15, 0.2) is 5.78 Å². The Morgan fingerprint density at radius 3 is 2.94 bits per heavy atom. The number of allylic oxidation sites excluding steroid dienone is 5. The van der Waals surface area contributed by atoms with Crippen LogP contribution in [0.5, 0.6) is 0 Å². The summed E-state index contributed by atoms with van der Waals surface area (Å²) >= 11 is 0. The van der Waals surface area contributed by atoms with Gasteiger partial charge in [-0.05, 0) is 47.9 Å². The van der Waals surface area contributed by atoms with Crippen molar-refractivity contribution >= 4 is 23.1 Å². The van der Waals surface area contributed by atoms with Crippen LogP contribution in [0, 0.1) is 0 Å². The van der Waals surface area contributed by atoms with Gasteiger partial charge in [0.2, 0.25) is 0 Å². The van der Waals surface area contributed by atoms with E-state index in [0.717, 1.165) is 34.5 Å². The first-order valence-electron chi connectivity index (χ1n) is 5.82. The van der Waals surface area contributed by atoms with Crippen LogP contribution in [-0.2, 0) is 4.79 Å². The predicted octanol–water partition coefficient (Wildman–Crippen LogP) is 3.04. The van der Waals surface area contributed by atoms with E-state index in [9.17, 15) is 4.79 Å². The van der Waals surface area contributed by atoms with Crippen molar-refractivity contribution in [1.82, 2.24) is 0 Å². The topological polar surface area (TPSA) is 29.1 Å². The maximum Gasteiger partial charge on any atom is 0.186 e. The molecule has 1 aromatic rings. The monoisotopic (exact) mass is 223 g/mol. The molecule has 0 aliphatic heterocycles. The Morgan fingerprint density at radius 1 is 1.24 bits per heavy atom. The lowest BCUT2D eigenvalue weighted by molar-refractivity contribution is -0.110. The van der Waals surface area contributed by atoms with Crippen molar-refractivity contribution in [1.29, 1.82) is 0 Å². The van der Waals surface area contributed by atoms with Gasteiger partial charge < -0.3 is 5.32 Å². The van der Waals surface area contributed by atoms with Gasteiger partial charge in [-0.3, -0.25) is 4.79 Å². The Bertz CT molecular complexity index is 591. The van der Waals surface area contributed by atoms with Crippen molar-refractivity contribution < 1.29 is 4.79 Å². The highest BCUT2D eigenvalue weighted by molar-refractivity contribution is 6.23. The minimum atomic E-state index is 0.101. The van der Waals surface area contributed by atoms with Crippen molar-refractivity contribution in [3.05, 3.63) is 53.1 Å². The van der Waals surface area contributed by atoms with Crippen molar-refractivity contribution in [2.24, 2.45) is 0 Å². The lowest BCUT2D eigenvalue weighted by atomic mass is 9.96. The highest BCUT2D eigenvalue weighted by atomic mass is 16.1. The number of ketones is 1. The smallest absolute Gasteiger partial charge is 0.186 e. The minimum absolute atomic E-state index is 0.101. The molecular formula is C15H13NO. The third-order valence-electron chi connectivity index (χ3n) is 3.09. The van der Waals surface area contributed by atoms with Crippen molar-refractivity contribution in [2.45, 2.75) is 6.92 Å². The summed E-state index contributed by atoms with van der Waals surface area (Å²) in [4.78, 5) is 11.7. The Kier molecular flexibility index (Phi) is 2.22. The molecule has 2 nitrogen and oxygen atoms in total. The Balaban J connectivity index is 2.10. The van der Waals surface area contributed by atoms with Gasteiger partial charge in [-0.15, -0.1) is 0 Å². The second-order valence-electron chi connectivity index (χ2n) is 4.19. The van der Waals surface area contributed by atoms with Crippen LogP contribution in [-0.4, -0.2) is 12.3 Å². The number of rotatable bonds is 2. The maximum absolute atomic E-state index is 11.7. The Hall–Kier alpha value is -2.09. The van der Waals surface area contributed by atoms with Crippen LogP contribution in [0.4, 0.5) is 5.69 Å². The molecule has 0 radical (unpaired) electrons. The number of benzene rings is 1. The van der Waals surface area contributed by atoms with Gasteiger partial charge in [0.05, 0.1) is 0 Å². The van der Waals surface area contributed by atoms with E-state index in [-0.39, 0.29) is 5.78 Å². The lowest BCUT2D eigenvalue weighted by Crippen LogP contribution is -2.01. The highest BCUT2D eigenvalue weighted by Gasteiger charge is 2.24. The molecule has 0 atom stereocenters. The number of carbonyl (C=O) groups is 1. The lowest BCUT2D eigenvalue weighted by Gasteiger charge is -2.08. The SMILES string of the molecule is CCNc1ccc2c(c1)C=C1C(=O)C=CC=C12. The first-order chi connectivity index (χ1) is 8.29. The summed E-state index contributed by atoms with van der Waals surface area (Å²) in [5.74, 6) is 0.101. The Labute approximate surface area is 100 Å². The molecule has 0 amide bonds. The molecular weight excluding hydrogens is 210 g/mol. The summed E-state index contributed by atoms with van der Waals surface area (Å²) in [5, 5.41) is 3.28. The first-order valence-corrected chi connectivity index (χ1v) is 5.82. The molecule has 0 heterocycles. The van der Waals surface area contributed by atoms with E-state index in [1.165, 1.54) is 0 Å². The van der Waals surface area contributed by atoms with Crippen LogP contribution in [0.2, 0.25) is 0 Å². The fraction of sp³-hybridized carbons (Fsp3) is 0.133. The fourth-order valence-electron chi connectivity index (χ4n) is 2.32. The third kappa shape index (κ3) is 1.53. The number of hydrogen-bond donors (Lipinski definition) is 1. The quantitative estimate of drug-likeness (QED) is 0.835. The fourth-order valence-corrected chi connectivity index (χ4v) is 2.32. The predicted molar refractivity (Wildman–Crippen MR) is 70.7 cm³/mol. The summed E-state index contributed by atoms with van der Waals surface area (Å²) in [6, 6.07) is 6.23. The van der Waals surface area contributed by atoms with Crippen molar-refractivity contribution in [2.75, 3.05) is 11.9 Å². The Morgan fingerprint density at radius 2 is 2.12 bits per heavy atom. The zero-order valence-corrected chi connectivity index (χ0v) is 9.66. The molecule has 2 heteroatoms. The molecule has 0 aromatic heterocycles. The molecule has 1 N–H and O–H groups in total. The average molecular weight is 223 g/mol. The molecule has 0 saturated carbocycles. The summed E-state index contributed by atoms with van der Waals surface area (Å²) in [6.45, 7) is 2.97. The van der Waals surface area contributed by atoms with E-state index in [4.69, 9.17) is 0 Å². The molecule has 0 bridgehead atoms. The number of hydrogen-bond acceptors (Lipinski definition) is 2. The van der Waals surface area contributed by atoms with E-state index in [1.54, 1.807) is 6.08 Å². The summed E-state index contributed by atoms with van der Waals surface area (Å²) in [5.41, 5.74) is 5.25. The molecule has 3 rings (SSSR count). The second kappa shape index (κ2) is 3.74. The third-order valence-corrected chi connectivity index (χ3v) is 3.09. The largest absolute Gasteiger partial charge is 0.385 e. The standard InChI is InChI=1S/C15H13NO/c1-2-16-11-6-7-12-10(8-11)9-14-13(12)4-3-5-15(14)17/h3-9,16H,2H2,1H3. The molecule has 1 aromatic carbocycles. The van der Waals surface area contributed by atoms with Crippen molar-refractivity contribution in [3.8, 4) is 0 Å². The van der Waals surface area contributed by atoms with Crippen LogP contribution in [0.25, 0.3) is 11.6 Å². The van der Waals surface area contributed by atoms with E-state index in [1.807, 2.05) is 18.2 Å². The summed E-state index contributed by atoms with van der Waals surface area (Å²) in [7, 11) is 0. The van der Waals surface area contributed by atoms with Gasteiger partial charge in [0.1, 0.15) is 0 Å². The van der Waals surface area contributed by atoms with Crippen LogP contribution in [0.15, 0.2) is 42.0 Å². The number of nitrogens with one attached hydrogen (secondary N) is 1. The van der Waals surface area contributed by atoms with Gasteiger partial charge in [-0.2, -0.15) is 0 Å². The van der Waals surface area contributed by atoms with Gasteiger partial charge in [0.25, 0.3) is 0 Å². The zero-order chi connectivity index (χ0) is 11.8. The van der Waals surface area contributed by atoms with E-state index in [2.05, 4.69) is 30.4 Å². The van der Waals surface area contributed by atoms with Crippen LogP contribution < -0.4 is 5.32 Å². The first kappa shape index (κ1) is 10.1. The normalized spacial score (nSPS) is 16.2. The molecule has 2 aliphatic carbocycles. The molecule has 84 valence electrons. The maximum atomic E-state index is 11.7. The number of fused-ring (bicyclic) bond motifs is 3. The molecule has 0 fully saturated rings. The minimum Gasteiger partial charge on any atom is -0.385 e. The average Bonchev–Trinajstić information content (AvgIpc) is 2.69. The van der Waals surface area contributed by atoms with Gasteiger partial charge >= 0.3 is 0 Å². The van der Waals surface area contributed by atoms with Gasteiger partial charge in [-0.1, -0.05) is 18.2 Å². The molecule has 2 aliphatic rings. The zero-order valence-electron chi connectivity index (χ0n) is 9.66. The van der Waals surface area contributed by atoms with Gasteiger partial charge in [0, 0.05) is 17.8 Å². The second-order valence-corrected chi connectivity index (χ2v) is 4.19. The van der Waals surface area contributed by atoms with Crippen molar-refractivity contribution in [3.63, 3.8) is 0 Å². The van der Waals surface area contributed by atoms with E-state index in [0.29, 0.717) is 0 Å². The molecule has 17 heavy (non-hydrogen) atoms. The van der Waals surface area contributed by atoms with Crippen LogP contribution in [0.1, 0.15) is 18.1 Å². The molecule has 0 saturated heterocycles. The number of carbonyl (C=O) groups excluding carboxylic acids is 1. The summed E-state index contributed by atoms with van der Waals surface area (Å²) < 4.78 is 0. The van der Waals surface area contributed by atoms with Crippen LogP contribution >= 0.6 is 0 Å². The molecule has 0 spiro atoms. The highest BCUT2D eigenvalue weighted by Crippen LogP contribution is 2.38. The molecule has 0 unspecified atom stereocenters. The number of anilines is 1. The summed E-state index contributed by atoms with van der Waals surface area (Å²) in [6.07, 6.45) is 7.43.